The quantitative estimate of drug-likeness (QED) is 0.593. The molecule has 1 fully saturated rings. The van der Waals surface area contributed by atoms with E-state index in [1.165, 1.54) is 17.8 Å². The van der Waals surface area contributed by atoms with Gasteiger partial charge < -0.3 is 0 Å². The summed E-state index contributed by atoms with van der Waals surface area (Å²) >= 11 is 0. The summed E-state index contributed by atoms with van der Waals surface area (Å²) in [6, 6.07) is 7.02. The number of aryl methyl sites for hydroxylation is 1. The topological polar surface area (TPSA) is 54.0 Å². The van der Waals surface area contributed by atoms with Crippen LogP contribution in [0.1, 0.15) is 42.0 Å². The van der Waals surface area contributed by atoms with Gasteiger partial charge in [-0.15, -0.1) is 0 Å². The summed E-state index contributed by atoms with van der Waals surface area (Å²) in [7, 11) is 1.95. The third-order valence-electron chi connectivity index (χ3n) is 5.06. The fraction of sp³-hybridized carbons (Fsp3) is 0.350. The Labute approximate surface area is 151 Å². The largest absolute Gasteiger partial charge is 0.289 e. The van der Waals surface area contributed by atoms with Crippen LogP contribution in [0.5, 0.6) is 0 Å². The minimum absolute atomic E-state index is 0.271. The van der Waals surface area contributed by atoms with Gasteiger partial charge in [0.05, 0.1) is 0 Å². The Morgan fingerprint density at radius 3 is 2.92 bits per heavy atom. The molecule has 4 nitrogen and oxygen atoms in total. The lowest BCUT2D eigenvalue weighted by atomic mass is 9.87. The molecule has 1 aliphatic carbocycles. The van der Waals surface area contributed by atoms with Crippen molar-refractivity contribution in [1.82, 2.24) is 9.78 Å². The Balaban J connectivity index is 1.73. The number of aromatic nitrogens is 2. The second kappa shape index (κ2) is 8.17. The number of nitrogens with one attached hydrogen (secondary N) is 1. The number of hydrogen-bond donors (Lipinski definition) is 1. The molecular weight excluding hydrogens is 334 g/mol. The molecule has 1 saturated carbocycles. The standard InChI is InChI=1S/C20H22F2N4/c1-26-19(9-10-25-26)17-4-2-3-15(17)12-16-7-5-14(11-18(16)21)6-8-20(22)24-13-23/h5-11,13,15,17,23H,2-4,12H2,1H3/b8-6+,23-13?,24-20?. The van der Waals surface area contributed by atoms with Gasteiger partial charge in [0, 0.05) is 24.9 Å². The lowest BCUT2D eigenvalue weighted by molar-refractivity contribution is 0.448. The molecule has 2 aromatic rings. The minimum Gasteiger partial charge on any atom is -0.289 e. The molecule has 0 spiro atoms. The summed E-state index contributed by atoms with van der Waals surface area (Å²) in [5.74, 6) is -0.243. The van der Waals surface area contributed by atoms with Gasteiger partial charge >= 0.3 is 0 Å². The maximum absolute atomic E-state index is 14.5. The van der Waals surface area contributed by atoms with E-state index in [1.807, 2.05) is 17.9 Å². The summed E-state index contributed by atoms with van der Waals surface area (Å²) < 4.78 is 29.6. The first-order chi connectivity index (χ1) is 12.6. The van der Waals surface area contributed by atoms with Crippen molar-refractivity contribution >= 4 is 18.4 Å². The zero-order chi connectivity index (χ0) is 18.5. The highest BCUT2D eigenvalue weighted by molar-refractivity contribution is 5.94. The predicted molar refractivity (Wildman–Crippen MR) is 99.8 cm³/mol. The van der Waals surface area contributed by atoms with E-state index >= 15 is 0 Å². The molecule has 0 aliphatic heterocycles. The van der Waals surface area contributed by atoms with Crippen LogP contribution in [-0.4, -0.2) is 22.1 Å². The van der Waals surface area contributed by atoms with Crippen LogP contribution in [-0.2, 0) is 13.5 Å². The van der Waals surface area contributed by atoms with Gasteiger partial charge in [-0.3, -0.25) is 10.1 Å². The molecule has 1 N–H and O–H groups in total. The molecule has 2 unspecified atom stereocenters. The molecule has 1 aliphatic rings. The molecule has 0 bridgehead atoms. The van der Waals surface area contributed by atoms with Gasteiger partial charge in [-0.25, -0.2) is 9.38 Å². The van der Waals surface area contributed by atoms with Gasteiger partial charge in [0.25, 0.3) is 0 Å². The first kappa shape index (κ1) is 18.2. The van der Waals surface area contributed by atoms with Crippen molar-refractivity contribution in [2.24, 2.45) is 18.0 Å². The summed E-state index contributed by atoms with van der Waals surface area (Å²) in [5, 5.41) is 11.0. The number of nitrogens with zero attached hydrogens (tertiary/aromatic N) is 3. The highest BCUT2D eigenvalue weighted by Crippen LogP contribution is 2.41. The highest BCUT2D eigenvalue weighted by Gasteiger charge is 2.31. The number of halogens is 2. The molecule has 3 rings (SSSR count). The summed E-state index contributed by atoms with van der Waals surface area (Å²) in [5.41, 5.74) is 2.47. The molecule has 1 aromatic heterocycles. The zero-order valence-electron chi connectivity index (χ0n) is 14.7. The normalized spacial score (nSPS) is 20.8. The average molecular weight is 356 g/mol. The van der Waals surface area contributed by atoms with E-state index in [2.05, 4.69) is 16.2 Å². The smallest absolute Gasteiger partial charge is 0.214 e. The van der Waals surface area contributed by atoms with E-state index in [0.717, 1.165) is 25.3 Å². The summed E-state index contributed by atoms with van der Waals surface area (Å²) in [4.78, 5) is 3.19. The second-order valence-electron chi connectivity index (χ2n) is 6.65. The Hall–Kier alpha value is -2.63. The van der Waals surface area contributed by atoms with E-state index in [4.69, 9.17) is 5.41 Å². The van der Waals surface area contributed by atoms with E-state index in [1.54, 1.807) is 12.1 Å². The van der Waals surface area contributed by atoms with Crippen LogP contribution in [0.25, 0.3) is 6.08 Å². The maximum Gasteiger partial charge on any atom is 0.214 e. The lowest BCUT2D eigenvalue weighted by Gasteiger charge is -2.20. The summed E-state index contributed by atoms with van der Waals surface area (Å²) in [6.45, 7) is 0. The Morgan fingerprint density at radius 2 is 2.23 bits per heavy atom. The first-order valence-electron chi connectivity index (χ1n) is 8.75. The van der Waals surface area contributed by atoms with Crippen LogP contribution in [0.15, 0.2) is 41.5 Å². The minimum atomic E-state index is -0.783. The molecule has 1 aromatic carbocycles. The van der Waals surface area contributed by atoms with Crippen LogP contribution in [0.4, 0.5) is 8.78 Å². The molecule has 1 heterocycles. The molecular formula is C20H22F2N4. The van der Waals surface area contributed by atoms with Gasteiger partial charge in [0.2, 0.25) is 5.97 Å². The maximum atomic E-state index is 14.5. The highest BCUT2D eigenvalue weighted by atomic mass is 19.1. The average Bonchev–Trinajstić information content (AvgIpc) is 3.24. The van der Waals surface area contributed by atoms with Crippen LogP contribution >= 0.6 is 0 Å². The molecule has 0 radical (unpaired) electrons. The van der Waals surface area contributed by atoms with E-state index < -0.39 is 5.97 Å². The predicted octanol–water partition coefficient (Wildman–Crippen LogP) is 4.67. The fourth-order valence-corrected chi connectivity index (χ4v) is 3.80. The number of rotatable bonds is 6. The monoisotopic (exact) mass is 356 g/mol. The van der Waals surface area contributed by atoms with E-state index in [0.29, 0.717) is 35.7 Å². The lowest BCUT2D eigenvalue weighted by Crippen LogP contribution is -2.13. The van der Waals surface area contributed by atoms with Crippen LogP contribution in [0, 0.1) is 17.1 Å². The third kappa shape index (κ3) is 4.12. The molecule has 6 heteroatoms. The molecule has 136 valence electrons. The van der Waals surface area contributed by atoms with Crippen molar-refractivity contribution in [3.05, 3.63) is 59.2 Å². The number of allylic oxidation sites excluding steroid dienone is 1. The van der Waals surface area contributed by atoms with Gasteiger partial charge in [0.1, 0.15) is 12.2 Å². The van der Waals surface area contributed by atoms with Crippen LogP contribution < -0.4 is 0 Å². The molecule has 26 heavy (non-hydrogen) atoms. The molecule has 0 amide bonds. The van der Waals surface area contributed by atoms with Gasteiger partial charge in [-0.1, -0.05) is 24.6 Å². The molecule has 2 atom stereocenters. The van der Waals surface area contributed by atoms with Crippen molar-refractivity contribution in [2.75, 3.05) is 0 Å². The van der Waals surface area contributed by atoms with Crippen molar-refractivity contribution in [1.29, 1.82) is 5.41 Å². The van der Waals surface area contributed by atoms with Gasteiger partial charge in [-0.2, -0.15) is 9.49 Å². The van der Waals surface area contributed by atoms with Crippen LogP contribution in [0.2, 0.25) is 0 Å². The van der Waals surface area contributed by atoms with Gasteiger partial charge in [0.15, 0.2) is 0 Å². The number of aliphatic imine (C=N–C) groups is 1. The Kier molecular flexibility index (Phi) is 5.71. The van der Waals surface area contributed by atoms with Crippen molar-refractivity contribution < 1.29 is 8.78 Å². The first-order valence-corrected chi connectivity index (χ1v) is 8.75. The second-order valence-corrected chi connectivity index (χ2v) is 6.65. The third-order valence-corrected chi connectivity index (χ3v) is 5.06. The zero-order valence-corrected chi connectivity index (χ0v) is 14.7. The SMILES string of the molecule is Cn1nccc1C1CCCC1Cc1ccc(/C=C/C(F)=NC=N)cc1F. The van der Waals surface area contributed by atoms with E-state index in [-0.39, 0.29) is 5.82 Å². The Bertz CT molecular complexity index is 838. The van der Waals surface area contributed by atoms with Crippen LogP contribution in [0.3, 0.4) is 0 Å². The van der Waals surface area contributed by atoms with Gasteiger partial charge in [-0.05, 0) is 54.5 Å². The Morgan fingerprint density at radius 1 is 1.38 bits per heavy atom. The van der Waals surface area contributed by atoms with Crippen molar-refractivity contribution in [2.45, 2.75) is 31.6 Å². The number of benzene rings is 1. The number of hydrogen-bond acceptors (Lipinski definition) is 2. The summed E-state index contributed by atoms with van der Waals surface area (Å²) in [6.07, 6.45) is 9.04. The van der Waals surface area contributed by atoms with E-state index in [9.17, 15) is 8.78 Å². The van der Waals surface area contributed by atoms with Crippen molar-refractivity contribution in [3.63, 3.8) is 0 Å². The van der Waals surface area contributed by atoms with Crippen molar-refractivity contribution in [3.8, 4) is 0 Å². The molecule has 0 saturated heterocycles. The fourth-order valence-electron chi connectivity index (χ4n) is 3.80.